The number of rotatable bonds is 7. The topological polar surface area (TPSA) is 103 Å². The highest BCUT2D eigenvalue weighted by Crippen LogP contribution is 2.39. The average molecular weight is 445 g/mol. The molecule has 0 aromatic carbocycles. The van der Waals surface area contributed by atoms with Crippen molar-refractivity contribution in [3.05, 3.63) is 46.5 Å². The summed E-state index contributed by atoms with van der Waals surface area (Å²) in [6.07, 6.45) is -4.31. The molecule has 0 amide bonds. The maximum atomic E-state index is 13.4. The molecule has 0 radical (unpaired) electrons. The van der Waals surface area contributed by atoms with Crippen LogP contribution in [0.5, 0.6) is 0 Å². The normalized spacial score (nSPS) is 15.2. The van der Waals surface area contributed by atoms with E-state index in [2.05, 4.69) is 25.6 Å². The summed E-state index contributed by atoms with van der Waals surface area (Å²) >= 11 is 0.419. The van der Waals surface area contributed by atoms with Crippen molar-refractivity contribution in [1.82, 2.24) is 20.3 Å². The highest BCUT2D eigenvalue weighted by Gasteiger charge is 2.34. The van der Waals surface area contributed by atoms with Crippen LogP contribution in [0, 0.1) is 5.82 Å². The van der Waals surface area contributed by atoms with Gasteiger partial charge in [0.1, 0.15) is 22.6 Å². The van der Waals surface area contributed by atoms with Crippen LogP contribution in [-0.2, 0) is 6.18 Å². The lowest BCUT2D eigenvalue weighted by Gasteiger charge is -2.17. The number of anilines is 1. The molecule has 3 atom stereocenters. The Bertz CT molecular complexity index is 1030. The molecule has 3 rings (SSSR count). The fourth-order valence-corrected chi connectivity index (χ4v) is 3.64. The number of alkyl halides is 3. The summed E-state index contributed by atoms with van der Waals surface area (Å²) < 4.78 is 53.0. The number of hydrogen-bond acceptors (Lipinski definition) is 8. The highest BCUT2D eigenvalue weighted by atomic mass is 32.1. The second-order valence-corrected chi connectivity index (χ2v) is 7.77. The van der Waals surface area contributed by atoms with Gasteiger partial charge in [0.2, 0.25) is 5.95 Å². The first-order valence-electron chi connectivity index (χ1n) is 8.89. The fraction of sp³-hybridized carbons (Fsp3) is 0.389. The molecule has 3 aromatic heterocycles. The highest BCUT2D eigenvalue weighted by molar-refractivity contribution is 7.19. The van der Waals surface area contributed by atoms with E-state index in [0.717, 1.165) is 12.3 Å². The summed E-state index contributed by atoms with van der Waals surface area (Å²) in [4.78, 5) is 11.2. The van der Waals surface area contributed by atoms with Crippen LogP contribution >= 0.6 is 11.3 Å². The van der Waals surface area contributed by atoms with Crippen LogP contribution in [0.4, 0.5) is 23.5 Å². The van der Waals surface area contributed by atoms with Gasteiger partial charge in [0, 0.05) is 12.7 Å². The average Bonchev–Trinajstić information content (AvgIpc) is 3.10. The Balaban J connectivity index is 1.99. The fourth-order valence-electron chi connectivity index (χ4n) is 2.66. The van der Waals surface area contributed by atoms with Crippen LogP contribution < -0.4 is 10.6 Å². The summed E-state index contributed by atoms with van der Waals surface area (Å²) in [5.74, 6) is -0.581. The lowest BCUT2D eigenvalue weighted by molar-refractivity contribution is -0.134. The van der Waals surface area contributed by atoms with E-state index in [1.54, 1.807) is 6.92 Å². The molecule has 0 fully saturated rings. The van der Waals surface area contributed by atoms with E-state index in [-0.39, 0.29) is 28.4 Å². The molecule has 0 aliphatic rings. The zero-order valence-corrected chi connectivity index (χ0v) is 16.7. The summed E-state index contributed by atoms with van der Waals surface area (Å²) in [5.41, 5.74) is 0.421. The number of fused-ring (bicyclic) bond motifs is 1. The summed E-state index contributed by atoms with van der Waals surface area (Å²) in [7, 11) is 0. The smallest absolute Gasteiger partial charge is 0.392 e. The van der Waals surface area contributed by atoms with E-state index in [4.69, 9.17) is 0 Å². The Kier molecular flexibility index (Phi) is 6.50. The molecule has 0 bridgehead atoms. The summed E-state index contributed by atoms with van der Waals surface area (Å²) in [6.45, 7) is 3.17. The van der Waals surface area contributed by atoms with Crippen LogP contribution in [0.1, 0.15) is 42.3 Å². The van der Waals surface area contributed by atoms with E-state index in [0.29, 0.717) is 16.9 Å². The predicted octanol–water partition coefficient (Wildman–Crippen LogP) is 3.38. The van der Waals surface area contributed by atoms with Crippen molar-refractivity contribution in [3.63, 3.8) is 0 Å². The van der Waals surface area contributed by atoms with Gasteiger partial charge in [0.05, 0.1) is 28.6 Å². The zero-order valence-electron chi connectivity index (χ0n) is 15.9. The first-order valence-corrected chi connectivity index (χ1v) is 9.71. The number of hydrogen-bond donors (Lipinski definition) is 4. The summed E-state index contributed by atoms with van der Waals surface area (Å²) in [6, 6.07) is 1.63. The molecular formula is C18H19F4N5O2S. The Morgan fingerprint density at radius 1 is 1.13 bits per heavy atom. The van der Waals surface area contributed by atoms with Gasteiger partial charge in [-0.1, -0.05) is 0 Å². The first-order chi connectivity index (χ1) is 14.0. The molecule has 162 valence electrons. The van der Waals surface area contributed by atoms with E-state index >= 15 is 0 Å². The monoisotopic (exact) mass is 445 g/mol. The minimum atomic E-state index is -4.57. The SMILES string of the molecule is CC(O)CNC(O)c1nc(NC(C)c2cncc(F)c2)nc2cc(C(F)(F)F)sc12. The molecule has 0 spiro atoms. The van der Waals surface area contributed by atoms with Crippen LogP contribution in [0.15, 0.2) is 24.5 Å². The van der Waals surface area contributed by atoms with Crippen molar-refractivity contribution in [1.29, 1.82) is 0 Å². The number of thiophene rings is 1. The minimum Gasteiger partial charge on any atom is -0.392 e. The molecule has 4 N–H and O–H groups in total. The van der Waals surface area contributed by atoms with Gasteiger partial charge in [-0.3, -0.25) is 10.3 Å². The van der Waals surface area contributed by atoms with Crippen molar-refractivity contribution >= 4 is 27.5 Å². The molecule has 0 aliphatic carbocycles. The summed E-state index contributed by atoms with van der Waals surface area (Å²) in [5, 5.41) is 25.3. The van der Waals surface area contributed by atoms with E-state index < -0.39 is 35.2 Å². The van der Waals surface area contributed by atoms with Crippen molar-refractivity contribution in [2.45, 2.75) is 38.4 Å². The second kappa shape index (κ2) is 8.76. The van der Waals surface area contributed by atoms with Crippen molar-refractivity contribution in [3.8, 4) is 0 Å². The quantitative estimate of drug-likeness (QED) is 0.327. The van der Waals surface area contributed by atoms with Gasteiger partial charge in [0.25, 0.3) is 0 Å². The molecule has 0 saturated carbocycles. The van der Waals surface area contributed by atoms with E-state index in [1.807, 2.05) is 0 Å². The first kappa shape index (κ1) is 22.3. The largest absolute Gasteiger partial charge is 0.425 e. The van der Waals surface area contributed by atoms with Crippen molar-refractivity contribution in [2.24, 2.45) is 0 Å². The number of nitrogens with one attached hydrogen (secondary N) is 2. The van der Waals surface area contributed by atoms with Gasteiger partial charge in [-0.25, -0.2) is 14.4 Å². The third-order valence-electron chi connectivity index (χ3n) is 4.11. The Labute approximate surface area is 172 Å². The molecule has 3 heterocycles. The number of nitrogens with zero attached hydrogens (tertiary/aromatic N) is 3. The number of aliphatic hydroxyl groups excluding tert-OH is 2. The molecular weight excluding hydrogens is 426 g/mol. The lowest BCUT2D eigenvalue weighted by atomic mass is 10.1. The molecule has 30 heavy (non-hydrogen) atoms. The Morgan fingerprint density at radius 2 is 1.87 bits per heavy atom. The third-order valence-corrected chi connectivity index (χ3v) is 5.31. The molecule has 12 heteroatoms. The maximum absolute atomic E-state index is 13.4. The zero-order chi connectivity index (χ0) is 22.1. The lowest BCUT2D eigenvalue weighted by Crippen LogP contribution is -2.29. The van der Waals surface area contributed by atoms with Gasteiger partial charge in [-0.15, -0.1) is 11.3 Å². The van der Waals surface area contributed by atoms with Crippen LogP contribution in [0.2, 0.25) is 0 Å². The molecule has 3 unspecified atom stereocenters. The van der Waals surface area contributed by atoms with E-state index in [9.17, 15) is 27.8 Å². The standard InChI is InChI=1S/C18H19F4N5O2S/c1-8(28)5-24-16(29)14-15-12(4-13(30-15)18(20,21)22)26-17(27-14)25-9(2)10-3-11(19)7-23-6-10/h3-4,6-9,16,24,28-29H,5H2,1-2H3,(H,25,26,27). The van der Waals surface area contributed by atoms with Gasteiger partial charge in [-0.05, 0) is 31.5 Å². The third kappa shape index (κ3) is 5.19. The van der Waals surface area contributed by atoms with Gasteiger partial charge < -0.3 is 15.5 Å². The number of aromatic nitrogens is 3. The number of pyridine rings is 1. The van der Waals surface area contributed by atoms with Crippen LogP contribution in [0.25, 0.3) is 10.2 Å². The van der Waals surface area contributed by atoms with Crippen LogP contribution in [-0.4, -0.2) is 37.8 Å². The van der Waals surface area contributed by atoms with E-state index in [1.165, 1.54) is 19.2 Å². The Morgan fingerprint density at radius 3 is 2.50 bits per heavy atom. The van der Waals surface area contributed by atoms with Crippen LogP contribution in [0.3, 0.4) is 0 Å². The predicted molar refractivity (Wildman–Crippen MR) is 103 cm³/mol. The van der Waals surface area contributed by atoms with Gasteiger partial charge in [0.15, 0.2) is 0 Å². The molecule has 7 nitrogen and oxygen atoms in total. The Hall–Kier alpha value is -2.41. The van der Waals surface area contributed by atoms with Gasteiger partial charge >= 0.3 is 6.18 Å². The maximum Gasteiger partial charge on any atom is 0.425 e. The second-order valence-electron chi connectivity index (χ2n) is 6.72. The minimum absolute atomic E-state index is 0.00169. The molecule has 0 aliphatic heterocycles. The molecule has 3 aromatic rings. The number of aliphatic hydroxyl groups is 2. The number of halogens is 4. The van der Waals surface area contributed by atoms with Crippen molar-refractivity contribution < 1.29 is 27.8 Å². The van der Waals surface area contributed by atoms with Gasteiger partial charge in [-0.2, -0.15) is 13.2 Å². The van der Waals surface area contributed by atoms with Crippen molar-refractivity contribution in [2.75, 3.05) is 11.9 Å². The molecule has 0 saturated heterocycles.